The maximum atomic E-state index is 11.9. The zero-order valence-corrected chi connectivity index (χ0v) is 12.6. The Bertz CT molecular complexity index is 581. The number of rotatable bonds is 6. The molecule has 2 rings (SSSR count). The lowest BCUT2D eigenvalue weighted by Crippen LogP contribution is -2.39. The van der Waals surface area contributed by atoms with Crippen LogP contribution in [0.3, 0.4) is 0 Å². The second-order valence-electron chi connectivity index (χ2n) is 5.20. The SMILES string of the molecule is Cc1cnn([C@@H](C)[C@H](C)NCC(=O)Nc2cccnc2)c1. The Balaban J connectivity index is 1.80. The van der Waals surface area contributed by atoms with E-state index in [0.29, 0.717) is 5.69 Å². The predicted octanol–water partition coefficient (Wildman–Crippen LogP) is 1.76. The van der Waals surface area contributed by atoms with Gasteiger partial charge >= 0.3 is 0 Å². The van der Waals surface area contributed by atoms with Gasteiger partial charge in [-0.3, -0.25) is 14.5 Å². The summed E-state index contributed by atoms with van der Waals surface area (Å²) < 4.78 is 1.91. The van der Waals surface area contributed by atoms with Crippen molar-refractivity contribution in [3.63, 3.8) is 0 Å². The Morgan fingerprint density at radius 3 is 2.81 bits per heavy atom. The lowest BCUT2D eigenvalue weighted by atomic mass is 10.2. The lowest BCUT2D eigenvalue weighted by Gasteiger charge is -2.21. The lowest BCUT2D eigenvalue weighted by molar-refractivity contribution is -0.115. The first-order valence-corrected chi connectivity index (χ1v) is 7.00. The summed E-state index contributed by atoms with van der Waals surface area (Å²) in [5.41, 5.74) is 1.83. The monoisotopic (exact) mass is 287 g/mol. The van der Waals surface area contributed by atoms with Gasteiger partial charge in [-0.25, -0.2) is 0 Å². The van der Waals surface area contributed by atoms with E-state index in [4.69, 9.17) is 0 Å². The number of hydrogen-bond acceptors (Lipinski definition) is 4. The van der Waals surface area contributed by atoms with E-state index in [2.05, 4.69) is 27.6 Å². The summed E-state index contributed by atoms with van der Waals surface area (Å²) in [5.74, 6) is -0.0845. The Hall–Kier alpha value is -2.21. The van der Waals surface area contributed by atoms with Gasteiger partial charge in [0.25, 0.3) is 0 Å². The van der Waals surface area contributed by atoms with E-state index in [1.165, 1.54) is 0 Å². The Kier molecular flexibility index (Phi) is 5.05. The average Bonchev–Trinajstić information content (AvgIpc) is 2.91. The summed E-state index contributed by atoms with van der Waals surface area (Å²) in [5, 5.41) is 10.3. The maximum absolute atomic E-state index is 11.9. The van der Waals surface area contributed by atoms with Crippen molar-refractivity contribution in [2.24, 2.45) is 0 Å². The Morgan fingerprint density at radius 1 is 1.38 bits per heavy atom. The second-order valence-corrected chi connectivity index (χ2v) is 5.20. The van der Waals surface area contributed by atoms with Crippen LogP contribution >= 0.6 is 0 Å². The van der Waals surface area contributed by atoms with Gasteiger partial charge in [-0.15, -0.1) is 0 Å². The van der Waals surface area contributed by atoms with Crippen LogP contribution in [0.5, 0.6) is 0 Å². The molecule has 0 unspecified atom stereocenters. The molecular formula is C15H21N5O. The molecule has 0 fully saturated rings. The molecule has 21 heavy (non-hydrogen) atoms. The molecule has 0 aliphatic rings. The fourth-order valence-electron chi connectivity index (χ4n) is 1.95. The third-order valence-corrected chi connectivity index (χ3v) is 3.40. The van der Waals surface area contributed by atoms with Crippen LogP contribution < -0.4 is 10.6 Å². The van der Waals surface area contributed by atoms with Crippen LogP contribution in [0.25, 0.3) is 0 Å². The van der Waals surface area contributed by atoms with Gasteiger partial charge in [0, 0.05) is 18.4 Å². The van der Waals surface area contributed by atoms with Gasteiger partial charge in [-0.1, -0.05) is 0 Å². The van der Waals surface area contributed by atoms with E-state index in [-0.39, 0.29) is 24.5 Å². The molecule has 0 aliphatic carbocycles. The number of aryl methyl sites for hydroxylation is 1. The zero-order chi connectivity index (χ0) is 15.2. The van der Waals surface area contributed by atoms with E-state index in [1.807, 2.05) is 37.0 Å². The summed E-state index contributed by atoms with van der Waals surface area (Å²) in [4.78, 5) is 15.8. The summed E-state index contributed by atoms with van der Waals surface area (Å²) in [6.45, 7) is 6.37. The summed E-state index contributed by atoms with van der Waals surface area (Å²) in [7, 11) is 0. The van der Waals surface area contributed by atoms with Crippen molar-refractivity contribution < 1.29 is 4.79 Å². The molecule has 2 heterocycles. The standard InChI is InChI=1S/C15H21N5O/c1-11-7-18-20(10-11)13(3)12(2)17-9-15(21)19-14-5-4-6-16-8-14/h4-8,10,12-13,17H,9H2,1-3H3,(H,19,21)/t12-,13-/m0/s1. The van der Waals surface area contributed by atoms with Crippen molar-refractivity contribution >= 4 is 11.6 Å². The number of carbonyl (C=O) groups is 1. The van der Waals surface area contributed by atoms with Gasteiger partial charge in [-0.05, 0) is 38.5 Å². The molecule has 6 heteroatoms. The van der Waals surface area contributed by atoms with Crippen LogP contribution in [0.15, 0.2) is 36.9 Å². The minimum absolute atomic E-state index is 0.0845. The largest absolute Gasteiger partial charge is 0.324 e. The first kappa shape index (κ1) is 15.2. The minimum Gasteiger partial charge on any atom is -0.324 e. The van der Waals surface area contributed by atoms with E-state index in [1.54, 1.807) is 18.5 Å². The summed E-state index contributed by atoms with van der Waals surface area (Å²) in [6, 6.07) is 3.89. The summed E-state index contributed by atoms with van der Waals surface area (Å²) >= 11 is 0. The highest BCUT2D eigenvalue weighted by molar-refractivity contribution is 5.92. The zero-order valence-electron chi connectivity index (χ0n) is 12.6. The number of nitrogens with zero attached hydrogens (tertiary/aromatic N) is 3. The normalized spacial score (nSPS) is 13.7. The van der Waals surface area contributed by atoms with Gasteiger partial charge in [0.1, 0.15) is 0 Å². The molecule has 2 aromatic heterocycles. The molecule has 2 N–H and O–H groups in total. The smallest absolute Gasteiger partial charge is 0.238 e. The number of aromatic nitrogens is 3. The van der Waals surface area contributed by atoms with Crippen molar-refractivity contribution in [3.05, 3.63) is 42.5 Å². The van der Waals surface area contributed by atoms with E-state index < -0.39 is 0 Å². The molecule has 1 amide bonds. The number of amides is 1. The highest BCUT2D eigenvalue weighted by atomic mass is 16.1. The van der Waals surface area contributed by atoms with Crippen LogP contribution in [0.2, 0.25) is 0 Å². The van der Waals surface area contributed by atoms with Crippen LogP contribution in [-0.4, -0.2) is 33.3 Å². The number of nitrogens with one attached hydrogen (secondary N) is 2. The fourth-order valence-corrected chi connectivity index (χ4v) is 1.95. The molecular weight excluding hydrogens is 266 g/mol. The number of anilines is 1. The number of carbonyl (C=O) groups excluding carboxylic acids is 1. The van der Waals surface area contributed by atoms with Gasteiger partial charge in [0.15, 0.2) is 0 Å². The molecule has 0 saturated carbocycles. The first-order chi connectivity index (χ1) is 10.1. The van der Waals surface area contributed by atoms with Crippen molar-refractivity contribution in [1.29, 1.82) is 0 Å². The molecule has 0 bridgehead atoms. The van der Waals surface area contributed by atoms with Crippen molar-refractivity contribution in [1.82, 2.24) is 20.1 Å². The molecule has 0 radical (unpaired) electrons. The van der Waals surface area contributed by atoms with Gasteiger partial charge in [-0.2, -0.15) is 5.10 Å². The van der Waals surface area contributed by atoms with Gasteiger partial charge < -0.3 is 10.6 Å². The number of hydrogen-bond donors (Lipinski definition) is 2. The molecule has 112 valence electrons. The first-order valence-electron chi connectivity index (χ1n) is 7.00. The quantitative estimate of drug-likeness (QED) is 0.849. The Morgan fingerprint density at radius 2 is 2.19 bits per heavy atom. The summed E-state index contributed by atoms with van der Waals surface area (Å²) in [6.07, 6.45) is 7.12. The molecule has 2 atom stereocenters. The van der Waals surface area contributed by atoms with Gasteiger partial charge in [0.05, 0.1) is 30.7 Å². The molecule has 0 aromatic carbocycles. The van der Waals surface area contributed by atoms with Crippen molar-refractivity contribution in [3.8, 4) is 0 Å². The van der Waals surface area contributed by atoms with Crippen molar-refractivity contribution in [2.45, 2.75) is 32.9 Å². The van der Waals surface area contributed by atoms with E-state index in [0.717, 1.165) is 5.56 Å². The van der Waals surface area contributed by atoms with Crippen LogP contribution in [-0.2, 0) is 4.79 Å². The molecule has 0 saturated heterocycles. The van der Waals surface area contributed by atoms with E-state index in [9.17, 15) is 4.79 Å². The average molecular weight is 287 g/mol. The predicted molar refractivity (Wildman–Crippen MR) is 82.0 cm³/mol. The van der Waals surface area contributed by atoms with Crippen LogP contribution in [0.1, 0.15) is 25.5 Å². The second kappa shape index (κ2) is 6.99. The third kappa shape index (κ3) is 4.39. The fraction of sp³-hybridized carbons (Fsp3) is 0.400. The highest BCUT2D eigenvalue weighted by Gasteiger charge is 2.15. The van der Waals surface area contributed by atoms with Gasteiger partial charge in [0.2, 0.25) is 5.91 Å². The Labute approximate surface area is 124 Å². The minimum atomic E-state index is -0.0845. The number of pyridine rings is 1. The van der Waals surface area contributed by atoms with Crippen molar-refractivity contribution in [2.75, 3.05) is 11.9 Å². The molecule has 0 spiro atoms. The van der Waals surface area contributed by atoms with Crippen LogP contribution in [0.4, 0.5) is 5.69 Å². The molecule has 6 nitrogen and oxygen atoms in total. The van der Waals surface area contributed by atoms with Crippen LogP contribution in [0, 0.1) is 6.92 Å². The highest BCUT2D eigenvalue weighted by Crippen LogP contribution is 2.10. The third-order valence-electron chi connectivity index (χ3n) is 3.40. The van der Waals surface area contributed by atoms with E-state index >= 15 is 0 Å². The topological polar surface area (TPSA) is 71.8 Å². The molecule has 0 aliphatic heterocycles. The molecule has 2 aromatic rings. The maximum Gasteiger partial charge on any atom is 0.238 e.